The highest BCUT2D eigenvalue weighted by molar-refractivity contribution is 6.05. The molecule has 4 aromatic rings. The standard InChI is InChI=1S/C24H21FN4O3/c1-31-21-12-15(5-8-18(21)25)6-9-19-22-20(29-28-19)10-7-17(23(22)32-2)24(30)27-14-16-4-3-11-26-13-16/h3-13H,14H2,1-2H3,(H,27,30)(H,28,29)/b9-6+. The first-order valence-electron chi connectivity index (χ1n) is 9.84. The Labute approximate surface area is 183 Å². The minimum Gasteiger partial charge on any atom is -0.495 e. The zero-order valence-electron chi connectivity index (χ0n) is 17.6. The lowest BCUT2D eigenvalue weighted by atomic mass is 10.1. The number of aromatic amines is 1. The number of aromatic nitrogens is 3. The molecule has 0 radical (unpaired) electrons. The number of ether oxygens (including phenoxy) is 2. The first kappa shape index (κ1) is 21.0. The van der Waals surface area contributed by atoms with Gasteiger partial charge in [-0.1, -0.05) is 18.2 Å². The van der Waals surface area contributed by atoms with Crippen molar-refractivity contribution in [3.8, 4) is 11.5 Å². The molecule has 0 unspecified atom stereocenters. The van der Waals surface area contributed by atoms with Gasteiger partial charge in [0, 0.05) is 18.9 Å². The summed E-state index contributed by atoms with van der Waals surface area (Å²) >= 11 is 0. The van der Waals surface area contributed by atoms with Crippen LogP contribution in [-0.2, 0) is 6.54 Å². The van der Waals surface area contributed by atoms with E-state index >= 15 is 0 Å². The first-order valence-corrected chi connectivity index (χ1v) is 9.84. The van der Waals surface area contributed by atoms with Crippen LogP contribution in [0.4, 0.5) is 4.39 Å². The van der Waals surface area contributed by atoms with Gasteiger partial charge < -0.3 is 14.8 Å². The van der Waals surface area contributed by atoms with E-state index in [1.807, 2.05) is 12.1 Å². The Hall–Kier alpha value is -4.20. The number of halogens is 1. The number of nitrogens with zero attached hydrogens (tertiary/aromatic N) is 2. The molecule has 2 aromatic heterocycles. The van der Waals surface area contributed by atoms with Crippen molar-refractivity contribution in [2.24, 2.45) is 0 Å². The fourth-order valence-electron chi connectivity index (χ4n) is 3.35. The van der Waals surface area contributed by atoms with Gasteiger partial charge in [-0.2, -0.15) is 5.10 Å². The van der Waals surface area contributed by atoms with Crippen molar-refractivity contribution in [3.05, 3.63) is 83.1 Å². The van der Waals surface area contributed by atoms with Crippen LogP contribution in [0, 0.1) is 5.82 Å². The van der Waals surface area contributed by atoms with Crippen LogP contribution in [0.15, 0.2) is 54.9 Å². The second kappa shape index (κ2) is 9.30. The maximum atomic E-state index is 13.7. The molecule has 32 heavy (non-hydrogen) atoms. The van der Waals surface area contributed by atoms with E-state index in [4.69, 9.17) is 9.47 Å². The number of amides is 1. The molecule has 2 heterocycles. The number of methoxy groups -OCH3 is 2. The summed E-state index contributed by atoms with van der Waals surface area (Å²) in [5, 5.41) is 10.8. The summed E-state index contributed by atoms with van der Waals surface area (Å²) in [5.41, 5.74) is 3.33. The molecular formula is C24H21FN4O3. The fourth-order valence-corrected chi connectivity index (χ4v) is 3.35. The van der Waals surface area contributed by atoms with Crippen LogP contribution < -0.4 is 14.8 Å². The van der Waals surface area contributed by atoms with Crippen LogP contribution in [0.25, 0.3) is 23.1 Å². The number of hydrogen-bond acceptors (Lipinski definition) is 5. The highest BCUT2D eigenvalue weighted by atomic mass is 19.1. The third-order valence-corrected chi connectivity index (χ3v) is 4.94. The van der Waals surface area contributed by atoms with E-state index in [1.165, 1.54) is 20.3 Å². The van der Waals surface area contributed by atoms with E-state index < -0.39 is 5.82 Å². The molecule has 162 valence electrons. The average Bonchev–Trinajstić information content (AvgIpc) is 3.25. The Morgan fingerprint density at radius 2 is 2.03 bits per heavy atom. The van der Waals surface area contributed by atoms with Gasteiger partial charge in [-0.05, 0) is 47.5 Å². The first-order chi connectivity index (χ1) is 15.6. The van der Waals surface area contributed by atoms with E-state index in [9.17, 15) is 9.18 Å². The molecule has 0 saturated carbocycles. The minimum absolute atomic E-state index is 0.157. The summed E-state index contributed by atoms with van der Waals surface area (Å²) in [6.07, 6.45) is 6.93. The molecule has 2 N–H and O–H groups in total. The van der Waals surface area contributed by atoms with Crippen molar-refractivity contribution >= 4 is 29.0 Å². The van der Waals surface area contributed by atoms with Gasteiger partial charge in [-0.15, -0.1) is 0 Å². The SMILES string of the molecule is COc1cc(/C=C/c2n[nH]c3ccc(C(=O)NCc4cccnc4)c(OC)c23)ccc1F. The second-order valence-corrected chi connectivity index (χ2v) is 6.95. The number of carbonyl (C=O) groups is 1. The summed E-state index contributed by atoms with van der Waals surface area (Å²) in [4.78, 5) is 16.9. The molecule has 0 atom stereocenters. The van der Waals surface area contributed by atoms with Gasteiger partial charge in [0.15, 0.2) is 11.6 Å². The van der Waals surface area contributed by atoms with E-state index in [0.29, 0.717) is 28.9 Å². The Morgan fingerprint density at radius 3 is 2.78 bits per heavy atom. The van der Waals surface area contributed by atoms with Gasteiger partial charge in [0.05, 0.1) is 36.4 Å². The maximum absolute atomic E-state index is 13.7. The zero-order valence-corrected chi connectivity index (χ0v) is 17.6. The van der Waals surface area contributed by atoms with Crippen molar-refractivity contribution in [1.82, 2.24) is 20.5 Å². The van der Waals surface area contributed by atoms with Crippen molar-refractivity contribution in [2.45, 2.75) is 6.54 Å². The van der Waals surface area contributed by atoms with E-state index in [2.05, 4.69) is 20.5 Å². The number of carbonyl (C=O) groups excluding carboxylic acids is 1. The van der Waals surface area contributed by atoms with Crippen LogP contribution >= 0.6 is 0 Å². The normalized spacial score (nSPS) is 11.1. The summed E-state index contributed by atoms with van der Waals surface area (Å²) in [6.45, 7) is 0.346. The third kappa shape index (κ3) is 4.29. The number of pyridine rings is 1. The monoisotopic (exact) mass is 432 g/mol. The fraction of sp³-hybridized carbons (Fsp3) is 0.125. The van der Waals surface area contributed by atoms with Crippen LogP contribution in [-0.4, -0.2) is 35.3 Å². The molecule has 0 saturated heterocycles. The van der Waals surface area contributed by atoms with Gasteiger partial charge in [0.25, 0.3) is 5.91 Å². The van der Waals surface area contributed by atoms with Gasteiger partial charge in [-0.3, -0.25) is 14.9 Å². The molecule has 2 aromatic carbocycles. The molecule has 8 heteroatoms. The molecule has 0 bridgehead atoms. The summed E-state index contributed by atoms with van der Waals surface area (Å²) < 4.78 is 24.3. The third-order valence-electron chi connectivity index (χ3n) is 4.94. The topological polar surface area (TPSA) is 89.1 Å². The molecule has 0 spiro atoms. The lowest BCUT2D eigenvalue weighted by molar-refractivity contribution is 0.0948. The van der Waals surface area contributed by atoms with E-state index in [0.717, 1.165) is 16.6 Å². The summed E-state index contributed by atoms with van der Waals surface area (Å²) in [7, 11) is 2.93. The summed E-state index contributed by atoms with van der Waals surface area (Å²) in [6, 6.07) is 11.7. The number of H-pyrrole nitrogens is 1. The van der Waals surface area contributed by atoms with Crippen LogP contribution in [0.2, 0.25) is 0 Å². The Morgan fingerprint density at radius 1 is 1.16 bits per heavy atom. The molecule has 4 rings (SSSR count). The number of rotatable bonds is 7. The van der Waals surface area contributed by atoms with Crippen molar-refractivity contribution in [1.29, 1.82) is 0 Å². The highest BCUT2D eigenvalue weighted by Crippen LogP contribution is 2.32. The van der Waals surface area contributed by atoms with Crippen LogP contribution in [0.5, 0.6) is 11.5 Å². The minimum atomic E-state index is -0.432. The largest absolute Gasteiger partial charge is 0.495 e. The second-order valence-electron chi connectivity index (χ2n) is 6.95. The molecule has 0 aliphatic heterocycles. The smallest absolute Gasteiger partial charge is 0.255 e. The highest BCUT2D eigenvalue weighted by Gasteiger charge is 2.18. The van der Waals surface area contributed by atoms with Gasteiger partial charge >= 0.3 is 0 Å². The van der Waals surface area contributed by atoms with Gasteiger partial charge in [0.1, 0.15) is 5.75 Å². The summed E-state index contributed by atoms with van der Waals surface area (Å²) in [5.74, 6) is -0.133. The predicted octanol–water partition coefficient (Wildman–Crippen LogP) is 4.21. The van der Waals surface area contributed by atoms with E-state index in [-0.39, 0.29) is 11.7 Å². The van der Waals surface area contributed by atoms with Gasteiger partial charge in [-0.25, -0.2) is 4.39 Å². The Bertz CT molecular complexity index is 1290. The predicted molar refractivity (Wildman–Crippen MR) is 120 cm³/mol. The number of hydrogen-bond donors (Lipinski definition) is 2. The zero-order chi connectivity index (χ0) is 22.5. The average molecular weight is 432 g/mol. The van der Waals surface area contributed by atoms with Crippen molar-refractivity contribution in [3.63, 3.8) is 0 Å². The quantitative estimate of drug-likeness (QED) is 0.457. The molecule has 0 fully saturated rings. The van der Waals surface area contributed by atoms with Gasteiger partial charge in [0.2, 0.25) is 0 Å². The van der Waals surface area contributed by atoms with Crippen molar-refractivity contribution in [2.75, 3.05) is 14.2 Å². The molecular weight excluding hydrogens is 411 g/mol. The number of benzene rings is 2. The van der Waals surface area contributed by atoms with Crippen LogP contribution in [0.1, 0.15) is 27.2 Å². The maximum Gasteiger partial charge on any atom is 0.255 e. The lowest BCUT2D eigenvalue weighted by Gasteiger charge is -2.11. The lowest BCUT2D eigenvalue weighted by Crippen LogP contribution is -2.23. The molecule has 1 amide bonds. The Balaban J connectivity index is 1.64. The van der Waals surface area contributed by atoms with Crippen LogP contribution in [0.3, 0.4) is 0 Å². The molecule has 7 nitrogen and oxygen atoms in total. The number of nitrogens with one attached hydrogen (secondary N) is 2. The molecule has 0 aliphatic carbocycles. The Kier molecular flexibility index (Phi) is 6.12. The van der Waals surface area contributed by atoms with E-state index in [1.54, 1.807) is 48.8 Å². The molecule has 0 aliphatic rings. The number of fused-ring (bicyclic) bond motifs is 1. The van der Waals surface area contributed by atoms with Crippen molar-refractivity contribution < 1.29 is 18.7 Å².